The zero-order valence-corrected chi connectivity index (χ0v) is 10.6. The summed E-state index contributed by atoms with van der Waals surface area (Å²) in [4.78, 5) is 0. The Morgan fingerprint density at radius 2 is 2.00 bits per heavy atom. The van der Waals surface area contributed by atoms with Crippen LogP contribution in [0.4, 0.5) is 0 Å². The van der Waals surface area contributed by atoms with E-state index in [9.17, 15) is 8.42 Å². The van der Waals surface area contributed by atoms with Gasteiger partial charge in [0.2, 0.25) is 10.0 Å². The highest BCUT2D eigenvalue weighted by Gasteiger charge is 2.40. The van der Waals surface area contributed by atoms with Crippen LogP contribution in [0.25, 0.3) is 0 Å². The van der Waals surface area contributed by atoms with Crippen molar-refractivity contribution in [2.24, 2.45) is 0 Å². The number of sulfonamides is 1. The molecule has 0 saturated carbocycles. The first-order valence-electron chi connectivity index (χ1n) is 3.51. The molecule has 1 aliphatic rings. The number of nitrogens with zero attached hydrogens (tertiary/aromatic N) is 1. The molecule has 0 spiro atoms. The minimum Gasteiger partial charge on any atom is -0.211 e. The van der Waals surface area contributed by atoms with E-state index in [1.807, 2.05) is 0 Å². The van der Waals surface area contributed by atoms with Crippen molar-refractivity contribution < 1.29 is 8.42 Å². The largest absolute Gasteiger partial charge is 0.252 e. The topological polar surface area (TPSA) is 37.4 Å². The highest BCUT2D eigenvalue weighted by atomic mass is 35.6. The summed E-state index contributed by atoms with van der Waals surface area (Å²) in [6.45, 7) is 2.05. The molecule has 0 aromatic rings. The molecule has 0 amide bonds. The molecule has 1 rings (SSSR count). The van der Waals surface area contributed by atoms with Crippen LogP contribution in [0.2, 0.25) is 0 Å². The van der Waals surface area contributed by atoms with Crippen molar-refractivity contribution in [3.63, 3.8) is 0 Å². The van der Waals surface area contributed by atoms with Crippen LogP contribution in [0, 0.1) is 0 Å². The number of halogens is 3. The Hall–Kier alpha value is 1.13. The van der Waals surface area contributed by atoms with Gasteiger partial charge in [-0.1, -0.05) is 34.8 Å². The molecule has 3 nitrogen and oxygen atoms in total. The molecule has 0 radical (unpaired) electrons. The van der Waals surface area contributed by atoms with Crippen molar-refractivity contribution in [1.29, 1.82) is 0 Å². The van der Waals surface area contributed by atoms with Crippen LogP contribution in [-0.4, -0.2) is 27.0 Å². The first-order chi connectivity index (χ1) is 5.73. The third-order valence-electron chi connectivity index (χ3n) is 1.72. The average molecular weight is 285 g/mol. The molecule has 8 heteroatoms. The molecule has 0 aromatic carbocycles. The van der Waals surface area contributed by atoms with Crippen LogP contribution in [0.15, 0.2) is 0 Å². The summed E-state index contributed by atoms with van der Waals surface area (Å²) in [7, 11) is -3.26. The lowest BCUT2D eigenvalue weighted by Gasteiger charge is -2.18. The second-order valence-electron chi connectivity index (χ2n) is 2.71. The molecule has 1 fully saturated rings. The van der Waals surface area contributed by atoms with Crippen LogP contribution >= 0.6 is 46.8 Å². The zero-order chi connectivity index (χ0) is 10.3. The van der Waals surface area contributed by atoms with Gasteiger partial charge in [-0.2, -0.15) is 0 Å². The number of hydrogen-bond acceptors (Lipinski definition) is 3. The lowest BCUT2D eigenvalue weighted by atomic mass is 10.3. The Morgan fingerprint density at radius 1 is 1.46 bits per heavy atom. The Kier molecular flexibility index (Phi) is 3.70. The van der Waals surface area contributed by atoms with E-state index in [1.54, 1.807) is 6.92 Å². The van der Waals surface area contributed by atoms with Crippen LogP contribution in [0.5, 0.6) is 0 Å². The Balaban J connectivity index is 2.75. The van der Waals surface area contributed by atoms with Gasteiger partial charge in [0.1, 0.15) is 0 Å². The van der Waals surface area contributed by atoms with E-state index in [0.29, 0.717) is 24.9 Å². The van der Waals surface area contributed by atoms with E-state index in [1.165, 1.54) is 0 Å². The maximum atomic E-state index is 11.5. The molecular weight excluding hydrogens is 277 g/mol. The van der Waals surface area contributed by atoms with Crippen molar-refractivity contribution in [3.8, 4) is 0 Å². The second kappa shape index (κ2) is 3.94. The molecule has 1 aliphatic heterocycles. The summed E-state index contributed by atoms with van der Waals surface area (Å²) in [5.41, 5.74) is 0. The van der Waals surface area contributed by atoms with Crippen LogP contribution in [-0.2, 0) is 10.0 Å². The minimum absolute atomic E-state index is 0.382. The molecule has 0 N–H and O–H groups in total. The molecule has 1 unspecified atom stereocenters. The third kappa shape index (κ3) is 3.04. The van der Waals surface area contributed by atoms with E-state index in [-0.39, 0.29) is 5.25 Å². The fourth-order valence-corrected chi connectivity index (χ4v) is 4.88. The van der Waals surface area contributed by atoms with E-state index >= 15 is 0 Å². The number of hydrogen-bond donors (Lipinski definition) is 0. The SMILES string of the molecule is CC1CCN(SC(Cl)(Cl)Cl)S1(=O)=O. The predicted octanol–water partition coefficient (Wildman–Crippen LogP) is 2.39. The zero-order valence-electron chi connectivity index (χ0n) is 6.71. The van der Waals surface area contributed by atoms with E-state index < -0.39 is 13.1 Å². The van der Waals surface area contributed by atoms with Gasteiger partial charge in [0.05, 0.1) is 5.25 Å². The quantitative estimate of drug-likeness (QED) is 0.548. The number of alkyl halides is 3. The Bertz CT molecular complexity index is 287. The maximum Gasteiger partial charge on any atom is 0.252 e. The summed E-state index contributed by atoms with van der Waals surface area (Å²) >= 11 is 17.1. The van der Waals surface area contributed by atoms with Crippen LogP contribution < -0.4 is 0 Å². The molecule has 1 atom stereocenters. The molecule has 13 heavy (non-hydrogen) atoms. The van der Waals surface area contributed by atoms with Gasteiger partial charge < -0.3 is 0 Å². The Labute approximate surface area is 96.9 Å². The predicted molar refractivity (Wildman–Crippen MR) is 57.6 cm³/mol. The van der Waals surface area contributed by atoms with Gasteiger partial charge in [0, 0.05) is 6.54 Å². The maximum absolute atomic E-state index is 11.5. The highest BCUT2D eigenvalue weighted by Crippen LogP contribution is 2.44. The van der Waals surface area contributed by atoms with Crippen molar-refractivity contribution in [1.82, 2.24) is 3.71 Å². The van der Waals surface area contributed by atoms with Gasteiger partial charge >= 0.3 is 0 Å². The normalized spacial score (nSPS) is 29.4. The lowest BCUT2D eigenvalue weighted by molar-refractivity contribution is 0.565. The van der Waals surface area contributed by atoms with E-state index in [4.69, 9.17) is 34.8 Å². The highest BCUT2D eigenvalue weighted by molar-refractivity contribution is 8.12. The summed E-state index contributed by atoms with van der Waals surface area (Å²) in [5, 5.41) is -0.382. The molecule has 78 valence electrons. The smallest absolute Gasteiger partial charge is 0.211 e. The number of rotatable bonds is 1. The summed E-state index contributed by atoms with van der Waals surface area (Å²) in [6, 6.07) is 0. The molecule has 0 aliphatic carbocycles. The van der Waals surface area contributed by atoms with E-state index in [0.717, 1.165) is 3.71 Å². The Morgan fingerprint density at radius 3 is 2.31 bits per heavy atom. The fourth-order valence-electron chi connectivity index (χ4n) is 0.977. The molecule has 0 bridgehead atoms. The van der Waals surface area contributed by atoms with Crippen LogP contribution in [0.3, 0.4) is 0 Å². The molecular formula is C5H8Cl3NO2S2. The van der Waals surface area contributed by atoms with Gasteiger partial charge in [-0.05, 0) is 25.3 Å². The second-order valence-corrected chi connectivity index (χ2v) is 9.40. The fraction of sp³-hybridized carbons (Fsp3) is 1.00. The van der Waals surface area contributed by atoms with Crippen molar-refractivity contribution in [2.75, 3.05) is 6.54 Å². The van der Waals surface area contributed by atoms with Gasteiger partial charge in [-0.15, -0.1) is 3.71 Å². The summed E-state index contributed by atoms with van der Waals surface area (Å²) in [6.07, 6.45) is 0.579. The molecule has 1 saturated heterocycles. The summed E-state index contributed by atoms with van der Waals surface area (Å²) in [5.74, 6) is 0. The van der Waals surface area contributed by atoms with Crippen molar-refractivity contribution >= 4 is 56.8 Å². The van der Waals surface area contributed by atoms with E-state index in [2.05, 4.69) is 0 Å². The standard InChI is InChI=1S/C5H8Cl3NO2S2/c1-4-2-3-9(13(4,10)11)12-5(6,7)8/h4H,2-3H2,1H3. The minimum atomic E-state index is -3.26. The molecule has 0 aromatic heterocycles. The van der Waals surface area contributed by atoms with Gasteiger partial charge in [-0.3, -0.25) is 0 Å². The molecule has 1 heterocycles. The third-order valence-corrected chi connectivity index (χ3v) is 5.78. The van der Waals surface area contributed by atoms with Gasteiger partial charge in [0.15, 0.2) is 0 Å². The van der Waals surface area contributed by atoms with Crippen molar-refractivity contribution in [3.05, 3.63) is 0 Å². The first-order valence-corrected chi connectivity index (χ1v) is 6.92. The van der Waals surface area contributed by atoms with Crippen LogP contribution in [0.1, 0.15) is 13.3 Å². The van der Waals surface area contributed by atoms with Crippen molar-refractivity contribution in [2.45, 2.75) is 21.7 Å². The van der Waals surface area contributed by atoms with Gasteiger partial charge in [-0.25, -0.2) is 8.42 Å². The first kappa shape index (κ1) is 12.2. The summed E-state index contributed by atoms with van der Waals surface area (Å²) < 4.78 is 22.5. The average Bonchev–Trinajstić information content (AvgIpc) is 2.13. The van der Waals surface area contributed by atoms with Gasteiger partial charge in [0.25, 0.3) is 3.12 Å². The lowest BCUT2D eigenvalue weighted by Crippen LogP contribution is -2.24. The monoisotopic (exact) mass is 283 g/mol.